The highest BCUT2D eigenvalue weighted by Crippen LogP contribution is 2.35. The summed E-state index contributed by atoms with van der Waals surface area (Å²) in [5, 5.41) is 8.26. The molecule has 138 valence electrons. The molecule has 26 heavy (non-hydrogen) atoms. The minimum Gasteiger partial charge on any atom is -0.373 e. The summed E-state index contributed by atoms with van der Waals surface area (Å²) in [6.07, 6.45) is 5.58. The van der Waals surface area contributed by atoms with Gasteiger partial charge in [0.1, 0.15) is 0 Å². The standard InChI is InChI=1S/C19H23ClN4O2/c1-13-9-21-24(10-13)12-14-11-23(7-8-26-14)19(25)22-18-6-5-15-16(18)3-2-4-17(15)20/h2-4,9-10,14,18H,5-8,11-12H2,1H3,(H,22,25). The molecule has 2 atom stereocenters. The van der Waals surface area contributed by atoms with Crippen LogP contribution in [0, 0.1) is 6.92 Å². The monoisotopic (exact) mass is 374 g/mol. The van der Waals surface area contributed by atoms with Gasteiger partial charge in [0.25, 0.3) is 0 Å². The lowest BCUT2D eigenvalue weighted by Gasteiger charge is -2.33. The zero-order chi connectivity index (χ0) is 18.1. The number of aryl methyl sites for hydroxylation is 1. The minimum atomic E-state index is -0.0425. The molecule has 1 fully saturated rings. The van der Waals surface area contributed by atoms with Crippen LogP contribution in [0.1, 0.15) is 29.2 Å². The van der Waals surface area contributed by atoms with Crippen LogP contribution in [-0.4, -0.2) is 46.5 Å². The molecule has 1 N–H and O–H groups in total. The first-order valence-corrected chi connectivity index (χ1v) is 9.41. The molecule has 1 aliphatic carbocycles. The first-order valence-electron chi connectivity index (χ1n) is 9.03. The van der Waals surface area contributed by atoms with Crippen LogP contribution in [0.15, 0.2) is 30.6 Å². The Hall–Kier alpha value is -2.05. The molecule has 1 aromatic heterocycles. The number of morpholine rings is 1. The van der Waals surface area contributed by atoms with Crippen LogP contribution in [0.3, 0.4) is 0 Å². The lowest BCUT2D eigenvalue weighted by molar-refractivity contribution is -0.0240. The molecule has 7 heteroatoms. The Bertz CT molecular complexity index is 807. The number of hydrogen-bond acceptors (Lipinski definition) is 3. The molecule has 1 aromatic carbocycles. The van der Waals surface area contributed by atoms with Crippen LogP contribution in [0.4, 0.5) is 4.79 Å². The third kappa shape index (κ3) is 3.57. The number of nitrogens with one attached hydrogen (secondary N) is 1. The summed E-state index contributed by atoms with van der Waals surface area (Å²) in [5.74, 6) is 0. The Balaban J connectivity index is 1.37. The van der Waals surface area contributed by atoms with E-state index in [0.717, 1.165) is 34.6 Å². The number of aromatic nitrogens is 2. The predicted octanol–water partition coefficient (Wildman–Crippen LogP) is 2.94. The molecule has 0 radical (unpaired) electrons. The van der Waals surface area contributed by atoms with Crippen molar-refractivity contribution in [3.63, 3.8) is 0 Å². The van der Waals surface area contributed by atoms with Crippen molar-refractivity contribution in [3.05, 3.63) is 52.3 Å². The van der Waals surface area contributed by atoms with Crippen LogP contribution < -0.4 is 5.32 Å². The summed E-state index contributed by atoms with van der Waals surface area (Å²) >= 11 is 6.27. The maximum atomic E-state index is 12.8. The zero-order valence-corrected chi connectivity index (χ0v) is 15.6. The second-order valence-electron chi connectivity index (χ2n) is 7.03. The Morgan fingerprint density at radius 2 is 2.35 bits per heavy atom. The summed E-state index contributed by atoms with van der Waals surface area (Å²) in [6, 6.07) is 5.91. The molecule has 2 heterocycles. The third-order valence-electron chi connectivity index (χ3n) is 5.09. The molecule has 6 nitrogen and oxygen atoms in total. The van der Waals surface area contributed by atoms with E-state index in [9.17, 15) is 4.79 Å². The van der Waals surface area contributed by atoms with Crippen LogP contribution in [-0.2, 0) is 17.7 Å². The summed E-state index contributed by atoms with van der Waals surface area (Å²) in [5.41, 5.74) is 3.42. The van der Waals surface area contributed by atoms with Gasteiger partial charge < -0.3 is 15.0 Å². The first-order chi connectivity index (χ1) is 12.6. The number of fused-ring (bicyclic) bond motifs is 1. The first kappa shape index (κ1) is 17.4. The lowest BCUT2D eigenvalue weighted by Crippen LogP contribution is -2.51. The Kier molecular flexibility index (Phi) is 4.87. The van der Waals surface area contributed by atoms with Gasteiger partial charge in [0.15, 0.2) is 0 Å². The number of ether oxygens (including phenoxy) is 1. The van der Waals surface area contributed by atoms with E-state index >= 15 is 0 Å². The average molecular weight is 375 g/mol. The van der Waals surface area contributed by atoms with E-state index < -0.39 is 0 Å². The van der Waals surface area contributed by atoms with Gasteiger partial charge in [0.05, 0.1) is 38.0 Å². The number of hydrogen-bond donors (Lipinski definition) is 1. The number of carbonyl (C=O) groups excluding carboxylic acids is 1. The Morgan fingerprint density at radius 1 is 1.46 bits per heavy atom. The molecule has 2 unspecified atom stereocenters. The van der Waals surface area contributed by atoms with E-state index in [-0.39, 0.29) is 18.2 Å². The van der Waals surface area contributed by atoms with Crippen molar-refractivity contribution < 1.29 is 9.53 Å². The van der Waals surface area contributed by atoms with Crippen molar-refractivity contribution in [2.24, 2.45) is 0 Å². The zero-order valence-electron chi connectivity index (χ0n) is 14.8. The highest BCUT2D eigenvalue weighted by molar-refractivity contribution is 6.31. The molecule has 2 amide bonds. The summed E-state index contributed by atoms with van der Waals surface area (Å²) in [6.45, 7) is 4.39. The van der Waals surface area contributed by atoms with Crippen molar-refractivity contribution in [1.82, 2.24) is 20.0 Å². The largest absolute Gasteiger partial charge is 0.373 e. The third-order valence-corrected chi connectivity index (χ3v) is 5.44. The van der Waals surface area contributed by atoms with E-state index in [0.29, 0.717) is 26.2 Å². The van der Waals surface area contributed by atoms with Crippen LogP contribution in [0.25, 0.3) is 0 Å². The van der Waals surface area contributed by atoms with E-state index in [1.165, 1.54) is 0 Å². The van der Waals surface area contributed by atoms with Crippen molar-refractivity contribution in [1.29, 1.82) is 0 Å². The van der Waals surface area contributed by atoms with Crippen molar-refractivity contribution >= 4 is 17.6 Å². The average Bonchev–Trinajstić information content (AvgIpc) is 3.22. The number of halogens is 1. The topological polar surface area (TPSA) is 59.4 Å². The van der Waals surface area contributed by atoms with Crippen molar-refractivity contribution in [2.75, 3.05) is 19.7 Å². The van der Waals surface area contributed by atoms with Gasteiger partial charge in [-0.25, -0.2) is 4.79 Å². The van der Waals surface area contributed by atoms with E-state index in [1.807, 2.05) is 41.0 Å². The summed E-state index contributed by atoms with van der Waals surface area (Å²) in [4.78, 5) is 14.6. The van der Waals surface area contributed by atoms with Gasteiger partial charge >= 0.3 is 6.03 Å². The smallest absolute Gasteiger partial charge is 0.318 e. The van der Waals surface area contributed by atoms with Gasteiger partial charge in [-0.1, -0.05) is 23.7 Å². The Morgan fingerprint density at radius 3 is 3.15 bits per heavy atom. The SMILES string of the molecule is Cc1cnn(CC2CN(C(=O)NC3CCc4c(Cl)cccc43)CCO2)c1. The van der Waals surface area contributed by atoms with Crippen molar-refractivity contribution in [3.8, 4) is 0 Å². The van der Waals surface area contributed by atoms with E-state index in [2.05, 4.69) is 16.5 Å². The fourth-order valence-electron chi connectivity index (χ4n) is 3.79. The molecule has 1 saturated heterocycles. The number of rotatable bonds is 3. The van der Waals surface area contributed by atoms with Gasteiger partial charge in [0.2, 0.25) is 0 Å². The fraction of sp³-hybridized carbons (Fsp3) is 0.474. The molecule has 0 saturated carbocycles. The molecule has 0 spiro atoms. The van der Waals surface area contributed by atoms with Gasteiger partial charge in [-0.05, 0) is 42.5 Å². The predicted molar refractivity (Wildman–Crippen MR) is 99.3 cm³/mol. The molecule has 2 aliphatic rings. The number of carbonyl (C=O) groups is 1. The number of benzene rings is 1. The summed E-state index contributed by atoms with van der Waals surface area (Å²) < 4.78 is 7.69. The quantitative estimate of drug-likeness (QED) is 0.898. The van der Waals surface area contributed by atoms with E-state index in [1.54, 1.807) is 0 Å². The van der Waals surface area contributed by atoms with E-state index in [4.69, 9.17) is 16.3 Å². The number of urea groups is 1. The maximum absolute atomic E-state index is 12.8. The number of amides is 2. The molecular formula is C19H23ClN4O2. The maximum Gasteiger partial charge on any atom is 0.318 e. The van der Waals surface area contributed by atoms with Gasteiger partial charge in [-0.3, -0.25) is 4.68 Å². The minimum absolute atomic E-state index is 0.0336. The van der Waals surface area contributed by atoms with Gasteiger partial charge in [-0.2, -0.15) is 5.10 Å². The number of nitrogens with zero attached hydrogens (tertiary/aromatic N) is 3. The normalized spacial score (nSPS) is 22.3. The Labute approximate surface area is 158 Å². The van der Waals surface area contributed by atoms with Gasteiger partial charge in [0, 0.05) is 17.8 Å². The molecule has 2 aromatic rings. The molecular weight excluding hydrogens is 352 g/mol. The second kappa shape index (κ2) is 7.29. The fourth-order valence-corrected chi connectivity index (χ4v) is 4.07. The van der Waals surface area contributed by atoms with Crippen LogP contribution >= 0.6 is 11.6 Å². The highest BCUT2D eigenvalue weighted by Gasteiger charge is 2.29. The lowest BCUT2D eigenvalue weighted by atomic mass is 10.1. The van der Waals surface area contributed by atoms with Crippen LogP contribution in [0.5, 0.6) is 0 Å². The molecule has 0 bridgehead atoms. The molecule has 4 rings (SSSR count). The molecule has 1 aliphatic heterocycles. The second-order valence-corrected chi connectivity index (χ2v) is 7.43. The van der Waals surface area contributed by atoms with Crippen LogP contribution in [0.2, 0.25) is 5.02 Å². The van der Waals surface area contributed by atoms with Crippen molar-refractivity contribution in [2.45, 2.75) is 38.5 Å². The summed E-state index contributed by atoms with van der Waals surface area (Å²) in [7, 11) is 0. The van der Waals surface area contributed by atoms with Gasteiger partial charge in [-0.15, -0.1) is 0 Å². The highest BCUT2D eigenvalue weighted by atomic mass is 35.5.